The van der Waals surface area contributed by atoms with E-state index in [9.17, 15) is 4.79 Å². The standard InChI is InChI=1S/C16H21N3O3S/c1-4-12-6-8-13(9-7-12)22-10-14-17-18-16(19(14)5-2)23-11(3)15(20)21/h6-9,11H,4-5,10H2,1-3H3,(H,20,21)/t11-/m1/s1. The van der Waals surface area contributed by atoms with E-state index < -0.39 is 11.2 Å². The van der Waals surface area contributed by atoms with Crippen LogP contribution in [-0.2, 0) is 24.4 Å². The Balaban J connectivity index is 2.04. The van der Waals surface area contributed by atoms with Crippen LogP contribution in [0.25, 0.3) is 0 Å². The Bertz CT molecular complexity index is 655. The van der Waals surface area contributed by atoms with Crippen molar-refractivity contribution in [3.8, 4) is 5.75 Å². The Morgan fingerprint density at radius 1 is 1.30 bits per heavy atom. The fourth-order valence-corrected chi connectivity index (χ4v) is 2.88. The summed E-state index contributed by atoms with van der Waals surface area (Å²) < 4.78 is 7.63. The van der Waals surface area contributed by atoms with Gasteiger partial charge in [0.1, 0.15) is 17.6 Å². The second kappa shape index (κ2) is 8.01. The number of carboxylic acid groups (broad SMARTS) is 1. The minimum absolute atomic E-state index is 0.300. The molecule has 2 rings (SSSR count). The van der Waals surface area contributed by atoms with Crippen molar-refractivity contribution >= 4 is 17.7 Å². The first-order chi connectivity index (χ1) is 11.0. The summed E-state index contributed by atoms with van der Waals surface area (Å²) in [6.07, 6.45) is 0.993. The van der Waals surface area contributed by atoms with Gasteiger partial charge in [0.05, 0.1) is 0 Å². The predicted molar refractivity (Wildman–Crippen MR) is 88.8 cm³/mol. The first-order valence-electron chi connectivity index (χ1n) is 7.58. The number of aryl methyl sites for hydroxylation is 1. The van der Waals surface area contributed by atoms with Crippen LogP contribution in [-0.4, -0.2) is 31.1 Å². The van der Waals surface area contributed by atoms with E-state index in [1.54, 1.807) is 6.92 Å². The van der Waals surface area contributed by atoms with Gasteiger partial charge in [-0.2, -0.15) is 0 Å². The zero-order valence-corrected chi connectivity index (χ0v) is 14.3. The highest BCUT2D eigenvalue weighted by Gasteiger charge is 2.19. The molecule has 124 valence electrons. The van der Waals surface area contributed by atoms with Gasteiger partial charge in [-0.3, -0.25) is 4.79 Å². The van der Waals surface area contributed by atoms with E-state index in [2.05, 4.69) is 17.1 Å². The molecule has 1 heterocycles. The SMILES string of the molecule is CCc1ccc(OCc2nnc(S[C@H](C)C(=O)O)n2CC)cc1. The van der Waals surface area contributed by atoms with Crippen LogP contribution in [0.3, 0.4) is 0 Å². The molecule has 1 atom stereocenters. The molecular formula is C16H21N3O3S. The van der Waals surface area contributed by atoms with E-state index in [0.717, 1.165) is 12.2 Å². The van der Waals surface area contributed by atoms with E-state index in [-0.39, 0.29) is 0 Å². The lowest BCUT2D eigenvalue weighted by Crippen LogP contribution is -2.13. The van der Waals surface area contributed by atoms with Gasteiger partial charge in [0, 0.05) is 6.54 Å². The van der Waals surface area contributed by atoms with Crippen molar-refractivity contribution in [3.63, 3.8) is 0 Å². The molecule has 0 aliphatic carbocycles. The average Bonchev–Trinajstić information content (AvgIpc) is 2.94. The fraction of sp³-hybridized carbons (Fsp3) is 0.438. The molecule has 0 fully saturated rings. The first-order valence-corrected chi connectivity index (χ1v) is 8.46. The maximum atomic E-state index is 11.0. The highest BCUT2D eigenvalue weighted by Crippen LogP contribution is 2.23. The van der Waals surface area contributed by atoms with Crippen molar-refractivity contribution in [2.24, 2.45) is 0 Å². The van der Waals surface area contributed by atoms with Crippen LogP contribution in [0.4, 0.5) is 0 Å². The Morgan fingerprint density at radius 2 is 2.00 bits per heavy atom. The Kier molecular flexibility index (Phi) is 6.04. The van der Waals surface area contributed by atoms with Gasteiger partial charge in [0.25, 0.3) is 0 Å². The van der Waals surface area contributed by atoms with Gasteiger partial charge >= 0.3 is 5.97 Å². The van der Waals surface area contributed by atoms with Crippen LogP contribution in [0, 0.1) is 0 Å². The third-order valence-electron chi connectivity index (χ3n) is 3.44. The zero-order chi connectivity index (χ0) is 16.8. The van der Waals surface area contributed by atoms with Gasteiger partial charge in [-0.25, -0.2) is 0 Å². The third kappa shape index (κ3) is 4.48. The molecule has 6 nitrogen and oxygen atoms in total. The number of aromatic nitrogens is 3. The first kappa shape index (κ1) is 17.3. The van der Waals surface area contributed by atoms with E-state index in [0.29, 0.717) is 24.1 Å². The predicted octanol–water partition coefficient (Wildman–Crippen LogP) is 3.00. The summed E-state index contributed by atoms with van der Waals surface area (Å²) in [6.45, 7) is 6.67. The molecule has 0 saturated heterocycles. The largest absolute Gasteiger partial charge is 0.486 e. The molecule has 1 aromatic heterocycles. The Hall–Kier alpha value is -2.02. The van der Waals surface area contributed by atoms with Crippen molar-refractivity contribution in [2.75, 3.05) is 0 Å². The molecule has 0 aliphatic rings. The molecule has 0 aliphatic heterocycles. The minimum atomic E-state index is -0.866. The van der Waals surface area contributed by atoms with Crippen LogP contribution in [0.15, 0.2) is 29.4 Å². The number of benzene rings is 1. The summed E-state index contributed by atoms with van der Waals surface area (Å²) in [5.74, 6) is 0.600. The molecule has 0 saturated carbocycles. The van der Waals surface area contributed by atoms with Gasteiger partial charge in [-0.05, 0) is 38.0 Å². The third-order valence-corrected chi connectivity index (χ3v) is 4.51. The number of hydrogen-bond acceptors (Lipinski definition) is 5. The fourth-order valence-electron chi connectivity index (χ4n) is 2.01. The number of rotatable bonds is 8. The normalized spacial score (nSPS) is 12.1. The van der Waals surface area contributed by atoms with E-state index in [1.807, 2.05) is 35.8 Å². The lowest BCUT2D eigenvalue weighted by Gasteiger charge is -2.10. The van der Waals surface area contributed by atoms with Gasteiger partial charge in [0.15, 0.2) is 11.0 Å². The second-order valence-corrected chi connectivity index (χ2v) is 6.34. The highest BCUT2D eigenvalue weighted by atomic mass is 32.2. The van der Waals surface area contributed by atoms with Gasteiger partial charge < -0.3 is 14.4 Å². The number of carbonyl (C=O) groups is 1. The number of hydrogen-bond donors (Lipinski definition) is 1. The maximum absolute atomic E-state index is 11.0. The van der Waals surface area contributed by atoms with Crippen molar-refractivity contribution in [1.82, 2.24) is 14.8 Å². The molecule has 0 bridgehead atoms. The quantitative estimate of drug-likeness (QED) is 0.747. The number of ether oxygens (including phenoxy) is 1. The molecule has 1 aromatic carbocycles. The van der Waals surface area contributed by atoms with Crippen molar-refractivity contribution in [2.45, 2.75) is 50.8 Å². The maximum Gasteiger partial charge on any atom is 0.316 e. The van der Waals surface area contributed by atoms with Crippen LogP contribution < -0.4 is 4.74 Å². The lowest BCUT2D eigenvalue weighted by molar-refractivity contribution is -0.136. The molecule has 23 heavy (non-hydrogen) atoms. The topological polar surface area (TPSA) is 77.2 Å². The molecule has 7 heteroatoms. The summed E-state index contributed by atoms with van der Waals surface area (Å²) in [4.78, 5) is 11.0. The average molecular weight is 335 g/mol. The smallest absolute Gasteiger partial charge is 0.316 e. The molecule has 1 N–H and O–H groups in total. The Labute approximate surface area is 139 Å². The van der Waals surface area contributed by atoms with Crippen molar-refractivity contribution < 1.29 is 14.6 Å². The molecular weight excluding hydrogens is 314 g/mol. The van der Waals surface area contributed by atoms with Crippen molar-refractivity contribution in [3.05, 3.63) is 35.7 Å². The Morgan fingerprint density at radius 3 is 2.57 bits per heavy atom. The summed E-state index contributed by atoms with van der Waals surface area (Å²) >= 11 is 1.18. The van der Waals surface area contributed by atoms with Crippen LogP contribution >= 0.6 is 11.8 Å². The lowest BCUT2D eigenvalue weighted by atomic mass is 10.2. The zero-order valence-electron chi connectivity index (χ0n) is 13.5. The number of aliphatic carboxylic acids is 1. The van der Waals surface area contributed by atoms with Crippen LogP contribution in [0.2, 0.25) is 0 Å². The van der Waals surface area contributed by atoms with Gasteiger partial charge in [0.2, 0.25) is 0 Å². The number of carboxylic acids is 1. The summed E-state index contributed by atoms with van der Waals surface area (Å²) in [5, 5.41) is 17.2. The summed E-state index contributed by atoms with van der Waals surface area (Å²) in [7, 11) is 0. The van der Waals surface area contributed by atoms with Gasteiger partial charge in [-0.1, -0.05) is 30.8 Å². The molecule has 0 unspecified atom stereocenters. The highest BCUT2D eigenvalue weighted by molar-refractivity contribution is 8.00. The molecule has 0 spiro atoms. The molecule has 2 aromatic rings. The van der Waals surface area contributed by atoms with Crippen LogP contribution in [0.1, 0.15) is 32.2 Å². The summed E-state index contributed by atoms with van der Waals surface area (Å²) in [5.41, 5.74) is 1.26. The molecule has 0 amide bonds. The molecule has 0 radical (unpaired) electrons. The van der Waals surface area contributed by atoms with Gasteiger partial charge in [-0.15, -0.1) is 10.2 Å². The minimum Gasteiger partial charge on any atom is -0.486 e. The van der Waals surface area contributed by atoms with Crippen molar-refractivity contribution in [1.29, 1.82) is 0 Å². The number of nitrogens with zero attached hydrogens (tertiary/aromatic N) is 3. The van der Waals surface area contributed by atoms with E-state index in [1.165, 1.54) is 17.3 Å². The summed E-state index contributed by atoms with van der Waals surface area (Å²) in [6, 6.07) is 7.95. The van der Waals surface area contributed by atoms with E-state index >= 15 is 0 Å². The monoisotopic (exact) mass is 335 g/mol. The second-order valence-electron chi connectivity index (χ2n) is 5.03. The number of thioether (sulfide) groups is 1. The van der Waals surface area contributed by atoms with Crippen LogP contribution in [0.5, 0.6) is 5.75 Å². The van der Waals surface area contributed by atoms with E-state index in [4.69, 9.17) is 9.84 Å².